The summed E-state index contributed by atoms with van der Waals surface area (Å²) in [7, 11) is 0. The molecule has 0 spiro atoms. The Bertz CT molecular complexity index is 732. The fraction of sp³-hybridized carbons (Fsp3) is 0. The first-order chi connectivity index (χ1) is 8.18. The second-order valence-corrected chi connectivity index (χ2v) is 5.03. The molecule has 0 fully saturated rings. The van der Waals surface area contributed by atoms with E-state index >= 15 is 0 Å². The average molecular weight is 282 g/mol. The van der Waals surface area contributed by atoms with Gasteiger partial charge >= 0.3 is 0 Å². The van der Waals surface area contributed by atoms with Crippen molar-refractivity contribution in [3.05, 3.63) is 57.5 Å². The summed E-state index contributed by atoms with van der Waals surface area (Å²) in [6.45, 7) is 0. The van der Waals surface area contributed by atoms with Gasteiger partial charge in [0.15, 0.2) is 0 Å². The molecule has 0 atom stereocenters. The van der Waals surface area contributed by atoms with E-state index in [1.807, 2.05) is 30.3 Å². The molecule has 0 aliphatic carbocycles. The number of hydrogen-bond donors (Lipinski definition) is 0. The highest BCUT2D eigenvalue weighted by molar-refractivity contribution is 6.51. The van der Waals surface area contributed by atoms with Crippen LogP contribution in [0, 0.1) is 0 Å². The van der Waals surface area contributed by atoms with E-state index in [-0.39, 0.29) is 0 Å². The predicted molar refractivity (Wildman–Crippen MR) is 76.5 cm³/mol. The van der Waals surface area contributed by atoms with Crippen LogP contribution in [0.3, 0.4) is 0 Å². The smallest absolute Gasteiger partial charge is 0.0785 e. The third-order valence-electron chi connectivity index (χ3n) is 2.88. The molecule has 0 aromatic heterocycles. The molecule has 0 aliphatic heterocycles. The molecule has 0 saturated heterocycles. The zero-order chi connectivity index (χ0) is 12.0. The van der Waals surface area contributed by atoms with Gasteiger partial charge in [-0.1, -0.05) is 71.2 Å². The van der Waals surface area contributed by atoms with Crippen molar-refractivity contribution in [2.45, 2.75) is 0 Å². The first kappa shape index (κ1) is 11.2. The lowest BCUT2D eigenvalue weighted by molar-refractivity contribution is 1.76. The maximum atomic E-state index is 6.22. The fourth-order valence-electron chi connectivity index (χ4n) is 2.06. The molecule has 0 radical (unpaired) electrons. The third kappa shape index (κ3) is 1.68. The van der Waals surface area contributed by atoms with Crippen LogP contribution in [0.25, 0.3) is 21.5 Å². The van der Waals surface area contributed by atoms with Gasteiger partial charge in [-0.2, -0.15) is 0 Å². The van der Waals surface area contributed by atoms with E-state index in [1.165, 1.54) is 0 Å². The SMILES string of the molecule is Clc1cc2c(ccc3ccccc32)c(Cl)c1Cl. The first-order valence-corrected chi connectivity index (χ1v) is 6.27. The first-order valence-electron chi connectivity index (χ1n) is 5.13. The molecule has 0 nitrogen and oxygen atoms in total. The molecule has 0 aliphatic rings. The number of halogens is 3. The summed E-state index contributed by atoms with van der Waals surface area (Å²) in [5, 5.41) is 5.67. The highest BCUT2D eigenvalue weighted by Gasteiger charge is 2.10. The Morgan fingerprint density at radius 1 is 0.647 bits per heavy atom. The Balaban J connectivity index is 2.59. The monoisotopic (exact) mass is 280 g/mol. The van der Waals surface area contributed by atoms with Crippen LogP contribution in [-0.4, -0.2) is 0 Å². The minimum Gasteiger partial charge on any atom is -0.0826 e. The lowest BCUT2D eigenvalue weighted by Crippen LogP contribution is -1.81. The largest absolute Gasteiger partial charge is 0.0826 e. The van der Waals surface area contributed by atoms with Crippen LogP contribution in [0.5, 0.6) is 0 Å². The van der Waals surface area contributed by atoms with Crippen molar-refractivity contribution in [2.24, 2.45) is 0 Å². The molecule has 17 heavy (non-hydrogen) atoms. The zero-order valence-electron chi connectivity index (χ0n) is 8.68. The van der Waals surface area contributed by atoms with Crippen LogP contribution in [0.15, 0.2) is 42.5 Å². The quantitative estimate of drug-likeness (QED) is 0.352. The fourth-order valence-corrected chi connectivity index (χ4v) is 2.73. The van der Waals surface area contributed by atoms with E-state index in [0.29, 0.717) is 15.1 Å². The summed E-state index contributed by atoms with van der Waals surface area (Å²) in [5.74, 6) is 0. The number of hydrogen-bond acceptors (Lipinski definition) is 0. The molecule has 0 amide bonds. The van der Waals surface area contributed by atoms with E-state index in [4.69, 9.17) is 34.8 Å². The van der Waals surface area contributed by atoms with E-state index < -0.39 is 0 Å². The van der Waals surface area contributed by atoms with E-state index in [0.717, 1.165) is 21.5 Å². The van der Waals surface area contributed by atoms with Gasteiger partial charge in [-0.25, -0.2) is 0 Å². The Kier molecular flexibility index (Phi) is 2.67. The molecular weight excluding hydrogens is 275 g/mol. The molecule has 3 aromatic rings. The summed E-state index contributed by atoms with van der Waals surface area (Å²) in [6.07, 6.45) is 0. The maximum absolute atomic E-state index is 6.22. The molecule has 0 heterocycles. The summed E-state index contributed by atoms with van der Waals surface area (Å²) < 4.78 is 0. The highest BCUT2D eigenvalue weighted by atomic mass is 35.5. The van der Waals surface area contributed by atoms with Crippen molar-refractivity contribution in [3.8, 4) is 0 Å². The minimum atomic E-state index is 0.413. The summed E-state index contributed by atoms with van der Waals surface area (Å²) in [6, 6.07) is 14.0. The van der Waals surface area contributed by atoms with Crippen LogP contribution in [0.1, 0.15) is 0 Å². The molecule has 0 saturated carbocycles. The van der Waals surface area contributed by atoms with Gasteiger partial charge in [0, 0.05) is 5.39 Å². The van der Waals surface area contributed by atoms with Crippen molar-refractivity contribution in [1.82, 2.24) is 0 Å². The number of rotatable bonds is 0. The van der Waals surface area contributed by atoms with Gasteiger partial charge < -0.3 is 0 Å². The molecule has 3 rings (SSSR count). The van der Waals surface area contributed by atoms with Gasteiger partial charge in [0.2, 0.25) is 0 Å². The van der Waals surface area contributed by atoms with Crippen LogP contribution in [-0.2, 0) is 0 Å². The van der Waals surface area contributed by atoms with E-state index in [1.54, 1.807) is 0 Å². The van der Waals surface area contributed by atoms with Gasteiger partial charge in [0.1, 0.15) is 0 Å². The lowest BCUT2D eigenvalue weighted by Gasteiger charge is -2.08. The van der Waals surface area contributed by atoms with Crippen LogP contribution in [0.4, 0.5) is 0 Å². The van der Waals surface area contributed by atoms with Crippen molar-refractivity contribution < 1.29 is 0 Å². The molecule has 3 heteroatoms. The molecular formula is C14H7Cl3. The Morgan fingerprint density at radius 3 is 2.24 bits per heavy atom. The van der Waals surface area contributed by atoms with Gasteiger partial charge in [-0.3, -0.25) is 0 Å². The van der Waals surface area contributed by atoms with Crippen molar-refractivity contribution >= 4 is 56.3 Å². The third-order valence-corrected chi connectivity index (χ3v) is 4.16. The van der Waals surface area contributed by atoms with Gasteiger partial charge in [-0.05, 0) is 22.2 Å². The topological polar surface area (TPSA) is 0 Å². The Morgan fingerprint density at radius 2 is 1.41 bits per heavy atom. The molecule has 0 unspecified atom stereocenters. The Hall–Kier alpha value is -0.950. The molecule has 3 aromatic carbocycles. The normalized spacial score (nSPS) is 11.2. The van der Waals surface area contributed by atoms with Crippen molar-refractivity contribution in [2.75, 3.05) is 0 Å². The highest BCUT2D eigenvalue weighted by Crippen LogP contribution is 2.39. The van der Waals surface area contributed by atoms with Gasteiger partial charge in [0.25, 0.3) is 0 Å². The van der Waals surface area contributed by atoms with Gasteiger partial charge in [-0.15, -0.1) is 0 Å². The lowest BCUT2D eigenvalue weighted by atomic mass is 10.0. The second-order valence-electron chi connectivity index (χ2n) is 3.87. The van der Waals surface area contributed by atoms with E-state index in [2.05, 4.69) is 12.1 Å². The van der Waals surface area contributed by atoms with Gasteiger partial charge in [0.05, 0.1) is 15.1 Å². The second kappa shape index (κ2) is 4.06. The van der Waals surface area contributed by atoms with Crippen LogP contribution in [0.2, 0.25) is 15.1 Å². The van der Waals surface area contributed by atoms with Crippen LogP contribution >= 0.6 is 34.8 Å². The maximum Gasteiger partial charge on any atom is 0.0785 e. The zero-order valence-corrected chi connectivity index (χ0v) is 10.9. The Labute approximate surface area is 114 Å². The predicted octanol–water partition coefficient (Wildman–Crippen LogP) is 5.95. The molecule has 0 bridgehead atoms. The number of fused-ring (bicyclic) bond motifs is 3. The average Bonchev–Trinajstić information content (AvgIpc) is 2.36. The minimum absolute atomic E-state index is 0.413. The molecule has 0 N–H and O–H groups in total. The summed E-state index contributed by atoms with van der Waals surface area (Å²) >= 11 is 18.3. The van der Waals surface area contributed by atoms with Crippen molar-refractivity contribution in [1.29, 1.82) is 0 Å². The molecule has 84 valence electrons. The van der Waals surface area contributed by atoms with Crippen LogP contribution < -0.4 is 0 Å². The van der Waals surface area contributed by atoms with E-state index in [9.17, 15) is 0 Å². The van der Waals surface area contributed by atoms with Crippen molar-refractivity contribution in [3.63, 3.8) is 0 Å². The number of benzene rings is 3. The standard InChI is InChI=1S/C14H7Cl3/c15-12-7-11-9-4-2-1-3-8(9)5-6-10(11)13(16)14(12)17/h1-7H. The summed E-state index contributed by atoms with van der Waals surface area (Å²) in [4.78, 5) is 0. The summed E-state index contributed by atoms with van der Waals surface area (Å²) in [5.41, 5.74) is 0.